The van der Waals surface area contributed by atoms with E-state index in [1.807, 2.05) is 12.4 Å². The van der Waals surface area contributed by atoms with Gasteiger partial charge in [0.05, 0.1) is 12.1 Å². The van der Waals surface area contributed by atoms with E-state index in [-0.39, 0.29) is 22.9 Å². The van der Waals surface area contributed by atoms with Gasteiger partial charge in [-0.15, -0.1) is 0 Å². The van der Waals surface area contributed by atoms with Crippen LogP contribution in [0.1, 0.15) is 141 Å². The average molecular weight is 575 g/mol. The van der Waals surface area contributed by atoms with Crippen LogP contribution in [0.4, 0.5) is 0 Å². The third-order valence-electron chi connectivity index (χ3n) is 8.50. The lowest BCUT2D eigenvalue weighted by Crippen LogP contribution is -2.21. The summed E-state index contributed by atoms with van der Waals surface area (Å²) in [6, 6.07) is 8.95. The van der Waals surface area contributed by atoms with Crippen LogP contribution < -0.4 is 0 Å². The van der Waals surface area contributed by atoms with Gasteiger partial charge >= 0.3 is 0 Å². The van der Waals surface area contributed by atoms with Gasteiger partial charge in [-0.3, -0.25) is 9.98 Å². The largest absolute Gasteiger partial charge is 0.507 e. The van der Waals surface area contributed by atoms with Crippen molar-refractivity contribution in [2.24, 2.45) is 21.8 Å². The van der Waals surface area contributed by atoms with E-state index >= 15 is 0 Å². The molecule has 232 valence electrons. The van der Waals surface area contributed by atoms with Gasteiger partial charge < -0.3 is 10.2 Å². The second-order valence-electron chi connectivity index (χ2n) is 15.6. The first-order valence-electron chi connectivity index (χ1n) is 16.3. The van der Waals surface area contributed by atoms with Crippen molar-refractivity contribution < 1.29 is 10.2 Å². The molecule has 0 aromatic heterocycles. The zero-order chi connectivity index (χ0) is 31.2. The fraction of sp³-hybridized carbons (Fsp3) is 0.632. The highest BCUT2D eigenvalue weighted by Gasteiger charge is 2.24. The van der Waals surface area contributed by atoms with Gasteiger partial charge in [0.2, 0.25) is 0 Å². The van der Waals surface area contributed by atoms with E-state index in [2.05, 4.69) is 93.5 Å². The number of phenolic OH excluding ortho intramolecular Hbond substituents is 2. The Morgan fingerprint density at radius 2 is 1.07 bits per heavy atom. The molecule has 1 saturated carbocycles. The highest BCUT2D eigenvalue weighted by molar-refractivity contribution is 5.85. The minimum absolute atomic E-state index is 0.143. The first-order chi connectivity index (χ1) is 19.5. The molecule has 0 amide bonds. The van der Waals surface area contributed by atoms with Crippen LogP contribution in [0, 0.1) is 11.8 Å². The Kier molecular flexibility index (Phi) is 11.5. The maximum atomic E-state index is 11.2. The van der Waals surface area contributed by atoms with Crippen LogP contribution in [0.25, 0.3) is 0 Å². The van der Waals surface area contributed by atoms with E-state index in [4.69, 9.17) is 9.98 Å². The molecular formula is C38H58N2O2. The van der Waals surface area contributed by atoms with Gasteiger partial charge in [-0.05, 0) is 97.3 Å². The molecule has 0 aliphatic heterocycles. The molecule has 1 fully saturated rings. The molecule has 0 bridgehead atoms. The minimum Gasteiger partial charge on any atom is -0.507 e. The summed E-state index contributed by atoms with van der Waals surface area (Å²) in [6.45, 7) is 21.9. The summed E-state index contributed by atoms with van der Waals surface area (Å²) in [5, 5.41) is 22.4. The van der Waals surface area contributed by atoms with Crippen LogP contribution in [-0.2, 0) is 23.7 Å². The van der Waals surface area contributed by atoms with Gasteiger partial charge in [0.15, 0.2) is 0 Å². The molecule has 2 aromatic rings. The van der Waals surface area contributed by atoms with E-state index in [9.17, 15) is 10.2 Å². The van der Waals surface area contributed by atoms with Gasteiger partial charge in [0, 0.05) is 34.7 Å². The van der Waals surface area contributed by atoms with Gasteiger partial charge in [-0.2, -0.15) is 0 Å². The van der Waals surface area contributed by atoms with Crippen molar-refractivity contribution in [2.75, 3.05) is 0 Å². The zero-order valence-electron chi connectivity index (χ0n) is 28.2. The zero-order valence-corrected chi connectivity index (χ0v) is 28.2. The van der Waals surface area contributed by atoms with E-state index in [0.29, 0.717) is 23.3 Å². The number of rotatable bonds is 10. The second kappa shape index (κ2) is 14.2. The first-order valence-corrected chi connectivity index (χ1v) is 16.3. The lowest BCUT2D eigenvalue weighted by molar-refractivity contribution is 0.397. The Balaban J connectivity index is 1.81. The summed E-state index contributed by atoms with van der Waals surface area (Å²) in [6.07, 6.45) is 12.1. The molecular weight excluding hydrogens is 516 g/mol. The van der Waals surface area contributed by atoms with Gasteiger partial charge in [-0.1, -0.05) is 81.4 Å². The molecule has 2 N–H and O–H groups in total. The normalized spacial score (nSPS) is 18.7. The summed E-state index contributed by atoms with van der Waals surface area (Å²) in [5.74, 6) is 1.98. The Hall–Kier alpha value is -2.62. The summed E-state index contributed by atoms with van der Waals surface area (Å²) in [5.41, 5.74) is 5.87. The Morgan fingerprint density at radius 1 is 0.690 bits per heavy atom. The predicted molar refractivity (Wildman–Crippen MR) is 181 cm³/mol. The van der Waals surface area contributed by atoms with Crippen molar-refractivity contribution in [3.63, 3.8) is 0 Å². The van der Waals surface area contributed by atoms with E-state index in [1.54, 1.807) is 0 Å². The molecule has 2 unspecified atom stereocenters. The molecule has 4 heteroatoms. The third kappa shape index (κ3) is 9.71. The number of hydrogen-bond donors (Lipinski definition) is 2. The Morgan fingerprint density at radius 3 is 1.40 bits per heavy atom. The second-order valence-corrected chi connectivity index (χ2v) is 15.6. The molecule has 0 saturated heterocycles. The summed E-state index contributed by atoms with van der Waals surface area (Å²) in [4.78, 5) is 9.98. The SMILES string of the molecule is CC(C)CCc1cc(C=NC2CCCC(N=Cc3cc(CCC(C)C)cc(C(C)(C)C)c3O)C2)c(O)c(C(C)(C)C)c1. The maximum Gasteiger partial charge on any atom is 0.128 e. The standard InChI is InChI=1S/C38H58N2O2/c1-25(2)14-16-27-18-29(35(41)33(20-27)37(5,6)7)23-39-31-12-11-13-32(22-31)40-24-30-19-28(17-15-26(3)4)21-34(36(30)42)38(8,9)10/h18-21,23-26,31-32,41-42H,11-17,22H2,1-10H3. The smallest absolute Gasteiger partial charge is 0.128 e. The number of phenols is 2. The molecule has 0 spiro atoms. The predicted octanol–water partition coefficient (Wildman–Crippen LogP) is 9.72. The van der Waals surface area contributed by atoms with Gasteiger partial charge in [-0.25, -0.2) is 0 Å². The van der Waals surface area contributed by atoms with Crippen LogP contribution in [0.15, 0.2) is 34.3 Å². The fourth-order valence-corrected chi connectivity index (χ4v) is 5.76. The van der Waals surface area contributed by atoms with Crippen molar-refractivity contribution in [3.05, 3.63) is 57.6 Å². The summed E-state index contributed by atoms with van der Waals surface area (Å²) < 4.78 is 0. The first kappa shape index (κ1) is 33.9. The molecule has 42 heavy (non-hydrogen) atoms. The van der Waals surface area contributed by atoms with E-state index in [0.717, 1.165) is 73.6 Å². The number of benzene rings is 2. The minimum atomic E-state index is -0.143. The van der Waals surface area contributed by atoms with Crippen molar-refractivity contribution >= 4 is 12.4 Å². The fourth-order valence-electron chi connectivity index (χ4n) is 5.76. The lowest BCUT2D eigenvalue weighted by Gasteiger charge is -2.25. The highest BCUT2D eigenvalue weighted by atomic mass is 16.3. The molecule has 1 aliphatic carbocycles. The van der Waals surface area contributed by atoms with Crippen LogP contribution in [0.2, 0.25) is 0 Å². The van der Waals surface area contributed by atoms with Crippen molar-refractivity contribution in [1.29, 1.82) is 0 Å². The molecule has 3 rings (SSSR count). The van der Waals surface area contributed by atoms with Crippen LogP contribution in [-0.4, -0.2) is 34.7 Å². The number of nitrogens with zero attached hydrogens (tertiary/aromatic N) is 2. The Bertz CT molecular complexity index is 1150. The molecule has 0 radical (unpaired) electrons. The summed E-state index contributed by atoms with van der Waals surface area (Å²) in [7, 11) is 0. The highest BCUT2D eigenvalue weighted by Crippen LogP contribution is 2.36. The van der Waals surface area contributed by atoms with Crippen molar-refractivity contribution in [2.45, 2.75) is 144 Å². The van der Waals surface area contributed by atoms with Crippen molar-refractivity contribution in [3.8, 4) is 11.5 Å². The number of aliphatic imine (C=N–C) groups is 2. The molecule has 2 atom stereocenters. The number of aromatic hydroxyl groups is 2. The summed E-state index contributed by atoms with van der Waals surface area (Å²) >= 11 is 0. The number of aryl methyl sites for hydroxylation is 2. The topological polar surface area (TPSA) is 65.2 Å². The van der Waals surface area contributed by atoms with E-state index in [1.165, 1.54) is 11.1 Å². The molecule has 0 heterocycles. The molecule has 2 aromatic carbocycles. The average Bonchev–Trinajstić information content (AvgIpc) is 2.89. The van der Waals surface area contributed by atoms with Crippen LogP contribution >= 0.6 is 0 Å². The molecule has 4 nitrogen and oxygen atoms in total. The number of hydrogen-bond acceptors (Lipinski definition) is 4. The van der Waals surface area contributed by atoms with Crippen LogP contribution in [0.5, 0.6) is 11.5 Å². The molecule has 1 aliphatic rings. The lowest BCUT2D eigenvalue weighted by atomic mass is 9.83. The Labute approximate surface area is 256 Å². The van der Waals surface area contributed by atoms with Gasteiger partial charge in [0.25, 0.3) is 0 Å². The van der Waals surface area contributed by atoms with E-state index < -0.39 is 0 Å². The maximum absolute atomic E-state index is 11.2. The monoisotopic (exact) mass is 574 g/mol. The van der Waals surface area contributed by atoms with Crippen LogP contribution in [0.3, 0.4) is 0 Å². The van der Waals surface area contributed by atoms with Gasteiger partial charge in [0.1, 0.15) is 11.5 Å². The third-order valence-corrected chi connectivity index (χ3v) is 8.50. The van der Waals surface area contributed by atoms with Crippen molar-refractivity contribution in [1.82, 2.24) is 0 Å². The quantitative estimate of drug-likeness (QED) is 0.277.